The number of aliphatic carboxylic acids is 1. The Morgan fingerprint density at radius 1 is 1.26 bits per heavy atom. The quantitative estimate of drug-likeness (QED) is 0.354. The number of carbonyl (C=O) groups excluding carboxylic acids is 3. The standard InChI is InChI=1S/C21H25BrN2O7/c1-12(2)19(21(29)30-11-13-6-4-3-5-7-13)15-8-17(31-24-15)20(28)23-14(9-18(26)27)16(25)10-22/h3-7,12,14,17,19H,8-11H2,1-2H3,(H,23,28)(H,26,27)/t14-,17?,19-/m0/s1. The van der Waals surface area contributed by atoms with Gasteiger partial charge in [0.25, 0.3) is 5.91 Å². The van der Waals surface area contributed by atoms with Crippen LogP contribution in [-0.4, -0.2) is 51.9 Å². The van der Waals surface area contributed by atoms with Gasteiger partial charge in [0, 0.05) is 6.42 Å². The van der Waals surface area contributed by atoms with Crippen LogP contribution < -0.4 is 5.32 Å². The van der Waals surface area contributed by atoms with Crippen molar-refractivity contribution in [3.63, 3.8) is 0 Å². The molecule has 1 heterocycles. The fraction of sp³-hybridized carbons (Fsp3) is 0.476. The Kier molecular flexibility index (Phi) is 9.17. The van der Waals surface area contributed by atoms with Gasteiger partial charge in [-0.25, -0.2) is 0 Å². The zero-order valence-electron chi connectivity index (χ0n) is 17.2. The molecule has 0 fully saturated rings. The third-order valence-corrected chi connectivity index (χ3v) is 5.26. The number of nitrogens with zero attached hydrogens (tertiary/aromatic N) is 1. The summed E-state index contributed by atoms with van der Waals surface area (Å²) >= 11 is 2.97. The lowest BCUT2D eigenvalue weighted by molar-refractivity contribution is -0.148. The number of esters is 1. The van der Waals surface area contributed by atoms with Gasteiger partial charge in [0.15, 0.2) is 5.78 Å². The number of oxime groups is 1. The van der Waals surface area contributed by atoms with Crippen molar-refractivity contribution >= 4 is 45.3 Å². The second kappa shape index (κ2) is 11.6. The summed E-state index contributed by atoms with van der Waals surface area (Å²) in [7, 11) is 0. The minimum absolute atomic E-state index is 0.0391. The molecule has 1 aromatic carbocycles. The van der Waals surface area contributed by atoms with Crippen LogP contribution in [0.4, 0.5) is 0 Å². The zero-order chi connectivity index (χ0) is 23.0. The minimum Gasteiger partial charge on any atom is -0.481 e. The summed E-state index contributed by atoms with van der Waals surface area (Å²) in [4.78, 5) is 53.2. The van der Waals surface area contributed by atoms with E-state index in [4.69, 9.17) is 14.7 Å². The lowest BCUT2D eigenvalue weighted by Gasteiger charge is -2.19. The molecule has 2 rings (SSSR count). The van der Waals surface area contributed by atoms with Crippen LogP contribution in [0.25, 0.3) is 0 Å². The Morgan fingerprint density at radius 3 is 2.52 bits per heavy atom. The lowest BCUT2D eigenvalue weighted by Crippen LogP contribution is -2.47. The van der Waals surface area contributed by atoms with E-state index in [9.17, 15) is 19.2 Å². The number of hydrogen-bond donors (Lipinski definition) is 2. The molecular formula is C21H25BrN2O7. The Bertz CT molecular complexity index is 841. The average Bonchev–Trinajstić information content (AvgIpc) is 3.21. The fourth-order valence-corrected chi connectivity index (χ4v) is 3.50. The molecule has 10 heteroatoms. The van der Waals surface area contributed by atoms with E-state index in [1.807, 2.05) is 44.2 Å². The van der Waals surface area contributed by atoms with Crippen molar-refractivity contribution in [2.45, 2.75) is 45.4 Å². The van der Waals surface area contributed by atoms with Gasteiger partial charge in [-0.2, -0.15) is 0 Å². The molecule has 1 aliphatic heterocycles. The van der Waals surface area contributed by atoms with Gasteiger partial charge in [-0.15, -0.1) is 0 Å². The molecule has 3 atom stereocenters. The first kappa shape index (κ1) is 24.5. The van der Waals surface area contributed by atoms with E-state index in [0.29, 0.717) is 5.71 Å². The van der Waals surface area contributed by atoms with Crippen LogP contribution in [0.3, 0.4) is 0 Å². The first-order valence-electron chi connectivity index (χ1n) is 9.76. The van der Waals surface area contributed by atoms with E-state index in [0.717, 1.165) is 5.56 Å². The molecule has 0 aliphatic carbocycles. The number of Topliss-reactive ketones (excluding diaryl/α,β-unsaturated/α-hetero) is 1. The lowest BCUT2D eigenvalue weighted by atomic mass is 9.88. The zero-order valence-corrected chi connectivity index (χ0v) is 18.8. The van der Waals surface area contributed by atoms with E-state index < -0.39 is 48.1 Å². The molecule has 1 aromatic rings. The van der Waals surface area contributed by atoms with E-state index in [1.54, 1.807) is 0 Å². The monoisotopic (exact) mass is 496 g/mol. The Hall–Kier alpha value is -2.75. The number of carboxylic acid groups (broad SMARTS) is 1. The summed E-state index contributed by atoms with van der Waals surface area (Å²) in [6.45, 7) is 3.79. The molecule has 0 aromatic heterocycles. The molecule has 9 nitrogen and oxygen atoms in total. The number of carboxylic acids is 1. The fourth-order valence-electron chi connectivity index (χ4n) is 3.11. The predicted octanol–water partition coefficient (Wildman–Crippen LogP) is 2.07. The number of rotatable bonds is 11. The SMILES string of the molecule is CC(C)[C@H](C(=O)OCc1ccccc1)C1=NOC(C(=O)N[C@@H](CC(=O)O)C(=O)CBr)C1. The van der Waals surface area contributed by atoms with Crippen LogP contribution in [0.5, 0.6) is 0 Å². The molecule has 31 heavy (non-hydrogen) atoms. The highest BCUT2D eigenvalue weighted by molar-refractivity contribution is 9.09. The van der Waals surface area contributed by atoms with Gasteiger partial charge in [0.2, 0.25) is 6.10 Å². The highest BCUT2D eigenvalue weighted by atomic mass is 79.9. The number of carbonyl (C=O) groups is 4. The van der Waals surface area contributed by atoms with Gasteiger partial charge in [0.05, 0.1) is 23.5 Å². The van der Waals surface area contributed by atoms with E-state index in [-0.39, 0.29) is 24.3 Å². The third-order valence-electron chi connectivity index (χ3n) is 4.70. The molecule has 1 aliphatic rings. The highest BCUT2D eigenvalue weighted by Gasteiger charge is 2.38. The molecule has 0 spiro atoms. The van der Waals surface area contributed by atoms with Gasteiger partial charge in [-0.05, 0) is 11.5 Å². The third kappa shape index (κ3) is 7.16. The first-order chi connectivity index (χ1) is 14.7. The van der Waals surface area contributed by atoms with E-state index in [1.165, 1.54) is 0 Å². The smallest absolute Gasteiger partial charge is 0.315 e. The van der Waals surface area contributed by atoms with Gasteiger partial charge in [-0.3, -0.25) is 19.2 Å². The highest BCUT2D eigenvalue weighted by Crippen LogP contribution is 2.24. The normalized spacial score (nSPS) is 17.3. The summed E-state index contributed by atoms with van der Waals surface area (Å²) in [5.74, 6) is -3.67. The summed E-state index contributed by atoms with van der Waals surface area (Å²) in [6.07, 6.45) is -1.56. The average molecular weight is 497 g/mol. The molecule has 0 saturated carbocycles. The maximum absolute atomic E-state index is 12.7. The number of nitrogens with one attached hydrogen (secondary N) is 1. The molecule has 0 saturated heterocycles. The van der Waals surface area contributed by atoms with Gasteiger partial charge in [-0.1, -0.05) is 65.3 Å². The minimum atomic E-state index is -1.22. The van der Waals surface area contributed by atoms with Crippen LogP contribution in [0.15, 0.2) is 35.5 Å². The summed E-state index contributed by atoms with van der Waals surface area (Å²) in [5.41, 5.74) is 1.22. The first-order valence-corrected chi connectivity index (χ1v) is 10.9. The van der Waals surface area contributed by atoms with Crippen molar-refractivity contribution in [2.75, 3.05) is 5.33 Å². The van der Waals surface area contributed by atoms with Crippen LogP contribution >= 0.6 is 15.9 Å². The van der Waals surface area contributed by atoms with Crippen molar-refractivity contribution in [1.82, 2.24) is 5.32 Å². The molecular weight excluding hydrogens is 472 g/mol. The van der Waals surface area contributed by atoms with Crippen LogP contribution in [0.1, 0.15) is 32.3 Å². The number of hydrogen-bond acceptors (Lipinski definition) is 7. The second-order valence-electron chi connectivity index (χ2n) is 7.45. The van der Waals surface area contributed by atoms with Crippen molar-refractivity contribution in [1.29, 1.82) is 0 Å². The number of ether oxygens (including phenoxy) is 1. The number of halogens is 1. The number of benzene rings is 1. The largest absolute Gasteiger partial charge is 0.481 e. The molecule has 0 radical (unpaired) electrons. The van der Waals surface area contributed by atoms with Crippen molar-refractivity contribution < 1.29 is 33.9 Å². The number of ketones is 1. The van der Waals surface area contributed by atoms with Crippen LogP contribution in [0, 0.1) is 11.8 Å². The van der Waals surface area contributed by atoms with Gasteiger partial charge in [0.1, 0.15) is 12.5 Å². The maximum Gasteiger partial charge on any atom is 0.315 e. The van der Waals surface area contributed by atoms with Crippen LogP contribution in [-0.2, 0) is 35.4 Å². The summed E-state index contributed by atoms with van der Waals surface area (Å²) in [5, 5.41) is 15.2. The van der Waals surface area contributed by atoms with E-state index >= 15 is 0 Å². The van der Waals surface area contributed by atoms with Crippen molar-refractivity contribution in [2.24, 2.45) is 17.0 Å². The number of amides is 1. The Morgan fingerprint density at radius 2 is 1.94 bits per heavy atom. The molecule has 1 unspecified atom stereocenters. The topological polar surface area (TPSA) is 131 Å². The summed E-state index contributed by atoms with van der Waals surface area (Å²) in [6, 6.07) is 8.06. The van der Waals surface area contributed by atoms with E-state index in [2.05, 4.69) is 26.4 Å². The number of alkyl halides is 1. The van der Waals surface area contributed by atoms with Crippen LogP contribution in [0.2, 0.25) is 0 Å². The predicted molar refractivity (Wildman–Crippen MR) is 114 cm³/mol. The Labute approximate surface area is 188 Å². The molecule has 168 valence electrons. The summed E-state index contributed by atoms with van der Waals surface area (Å²) < 4.78 is 5.42. The van der Waals surface area contributed by atoms with Crippen molar-refractivity contribution in [3.8, 4) is 0 Å². The molecule has 1 amide bonds. The Balaban J connectivity index is 1.98. The van der Waals surface area contributed by atoms with Gasteiger partial charge >= 0.3 is 11.9 Å². The second-order valence-corrected chi connectivity index (χ2v) is 8.02. The molecule has 0 bridgehead atoms. The molecule has 2 N–H and O–H groups in total. The maximum atomic E-state index is 12.7. The van der Waals surface area contributed by atoms with Gasteiger partial charge < -0.3 is 20.0 Å². The van der Waals surface area contributed by atoms with Crippen molar-refractivity contribution in [3.05, 3.63) is 35.9 Å².